The Hall–Kier alpha value is -0.700. The molecule has 74 valence electrons. The first kappa shape index (κ1) is 10.4. The fraction of sp³-hybridized carbons (Fsp3) is 0.800. The lowest BCUT2D eigenvalue weighted by atomic mass is 9.97. The van der Waals surface area contributed by atoms with Crippen molar-refractivity contribution in [2.24, 2.45) is 5.92 Å². The zero-order valence-corrected chi connectivity index (χ0v) is 8.42. The van der Waals surface area contributed by atoms with Crippen molar-refractivity contribution in [2.45, 2.75) is 38.7 Å². The molecule has 0 amide bonds. The molecule has 0 heterocycles. The third kappa shape index (κ3) is 2.62. The van der Waals surface area contributed by atoms with Crippen LogP contribution in [0.2, 0.25) is 0 Å². The molecule has 3 heteroatoms. The normalized spacial score (nSPS) is 17.2. The molecular weight excluding hydrogens is 168 g/mol. The number of ketones is 2. The molecule has 0 spiro atoms. The van der Waals surface area contributed by atoms with E-state index >= 15 is 0 Å². The number of Topliss-reactive ketones (excluding diaryl/α,β-unsaturated/α-hetero) is 2. The van der Waals surface area contributed by atoms with Gasteiger partial charge in [-0.15, -0.1) is 0 Å². The lowest BCUT2D eigenvalue weighted by molar-refractivity contribution is -0.140. The average Bonchev–Trinajstić information content (AvgIpc) is 2.86. The minimum atomic E-state index is -0.815. The molecule has 3 nitrogen and oxygen atoms in total. The van der Waals surface area contributed by atoms with E-state index in [0.29, 0.717) is 0 Å². The third-order valence-corrected chi connectivity index (χ3v) is 2.55. The van der Waals surface area contributed by atoms with E-state index in [1.165, 1.54) is 7.11 Å². The predicted molar refractivity (Wildman–Crippen MR) is 48.4 cm³/mol. The number of carbonyl (C=O) groups excluding carboxylic acids is 2. The van der Waals surface area contributed by atoms with E-state index in [1.807, 2.05) is 0 Å². The van der Waals surface area contributed by atoms with E-state index in [2.05, 4.69) is 0 Å². The number of ether oxygens (including phenoxy) is 1. The summed E-state index contributed by atoms with van der Waals surface area (Å²) < 4.78 is 5.00. The van der Waals surface area contributed by atoms with Crippen LogP contribution in [0.15, 0.2) is 0 Å². The molecule has 1 aliphatic carbocycles. The van der Waals surface area contributed by atoms with Crippen molar-refractivity contribution in [3.05, 3.63) is 0 Å². The Morgan fingerprint density at radius 1 is 1.38 bits per heavy atom. The van der Waals surface area contributed by atoms with Crippen LogP contribution in [0.3, 0.4) is 0 Å². The van der Waals surface area contributed by atoms with Crippen LogP contribution in [0.25, 0.3) is 0 Å². The average molecular weight is 184 g/mol. The fourth-order valence-electron chi connectivity index (χ4n) is 1.03. The smallest absolute Gasteiger partial charge is 0.171 e. The van der Waals surface area contributed by atoms with Crippen molar-refractivity contribution in [1.29, 1.82) is 0 Å². The van der Waals surface area contributed by atoms with Gasteiger partial charge in [0.25, 0.3) is 0 Å². The maximum Gasteiger partial charge on any atom is 0.171 e. The summed E-state index contributed by atoms with van der Waals surface area (Å²) in [7, 11) is 1.49. The summed E-state index contributed by atoms with van der Waals surface area (Å²) in [6, 6.07) is 0. The van der Waals surface area contributed by atoms with Crippen LogP contribution in [-0.2, 0) is 14.3 Å². The topological polar surface area (TPSA) is 43.4 Å². The minimum Gasteiger partial charge on any atom is -0.371 e. The van der Waals surface area contributed by atoms with Crippen LogP contribution in [0.5, 0.6) is 0 Å². The molecule has 0 aromatic heterocycles. The van der Waals surface area contributed by atoms with Crippen LogP contribution in [0, 0.1) is 5.92 Å². The predicted octanol–water partition coefficient (Wildman–Crippen LogP) is 1.35. The first-order valence-corrected chi connectivity index (χ1v) is 4.58. The van der Waals surface area contributed by atoms with E-state index in [0.717, 1.165) is 12.8 Å². The standard InChI is InChI=1S/C10H16O3/c1-10(2,13-3)9(12)6-8(11)7-4-5-7/h7H,4-6H2,1-3H3. The van der Waals surface area contributed by atoms with Gasteiger partial charge < -0.3 is 4.74 Å². The van der Waals surface area contributed by atoms with E-state index in [4.69, 9.17) is 4.74 Å². The Morgan fingerprint density at radius 3 is 2.31 bits per heavy atom. The zero-order chi connectivity index (χ0) is 10.1. The summed E-state index contributed by atoms with van der Waals surface area (Å²) in [5, 5.41) is 0. The molecule has 1 aliphatic rings. The molecule has 0 aromatic carbocycles. The summed E-state index contributed by atoms with van der Waals surface area (Å²) in [6.07, 6.45) is 1.95. The molecule has 13 heavy (non-hydrogen) atoms. The van der Waals surface area contributed by atoms with Gasteiger partial charge in [0.1, 0.15) is 11.4 Å². The Morgan fingerprint density at radius 2 is 1.92 bits per heavy atom. The van der Waals surface area contributed by atoms with Gasteiger partial charge in [-0.05, 0) is 26.7 Å². The van der Waals surface area contributed by atoms with Gasteiger partial charge in [-0.1, -0.05) is 0 Å². The molecule has 0 unspecified atom stereocenters. The lowest BCUT2D eigenvalue weighted by Gasteiger charge is -2.20. The van der Waals surface area contributed by atoms with Gasteiger partial charge in [0, 0.05) is 13.0 Å². The fourth-order valence-corrected chi connectivity index (χ4v) is 1.03. The maximum absolute atomic E-state index is 11.5. The van der Waals surface area contributed by atoms with Crippen LogP contribution < -0.4 is 0 Å². The molecule has 0 bridgehead atoms. The Balaban J connectivity index is 2.44. The first-order chi connectivity index (χ1) is 5.97. The molecule has 1 rings (SSSR count). The third-order valence-electron chi connectivity index (χ3n) is 2.55. The summed E-state index contributed by atoms with van der Waals surface area (Å²) >= 11 is 0. The quantitative estimate of drug-likeness (QED) is 0.606. The van der Waals surface area contributed by atoms with Crippen molar-refractivity contribution in [2.75, 3.05) is 7.11 Å². The summed E-state index contributed by atoms with van der Waals surface area (Å²) in [5.41, 5.74) is -0.815. The Bertz CT molecular complexity index is 226. The van der Waals surface area contributed by atoms with E-state index in [-0.39, 0.29) is 23.9 Å². The van der Waals surface area contributed by atoms with Crippen molar-refractivity contribution < 1.29 is 14.3 Å². The summed E-state index contributed by atoms with van der Waals surface area (Å²) in [6.45, 7) is 3.38. The van der Waals surface area contributed by atoms with Gasteiger partial charge in [-0.25, -0.2) is 0 Å². The number of hydrogen-bond acceptors (Lipinski definition) is 3. The molecule has 0 aliphatic heterocycles. The van der Waals surface area contributed by atoms with Crippen LogP contribution in [0.4, 0.5) is 0 Å². The second kappa shape index (κ2) is 3.58. The van der Waals surface area contributed by atoms with Crippen molar-refractivity contribution >= 4 is 11.6 Å². The van der Waals surface area contributed by atoms with Gasteiger partial charge in [-0.3, -0.25) is 9.59 Å². The number of rotatable bonds is 5. The van der Waals surface area contributed by atoms with E-state index < -0.39 is 5.60 Å². The lowest BCUT2D eigenvalue weighted by Crippen LogP contribution is -2.35. The second-order valence-corrected chi connectivity index (χ2v) is 4.05. The van der Waals surface area contributed by atoms with E-state index in [1.54, 1.807) is 13.8 Å². The highest BCUT2D eigenvalue weighted by atomic mass is 16.5. The largest absolute Gasteiger partial charge is 0.371 e. The molecule has 1 saturated carbocycles. The molecule has 1 fully saturated rings. The monoisotopic (exact) mass is 184 g/mol. The van der Waals surface area contributed by atoms with Crippen molar-refractivity contribution in [3.63, 3.8) is 0 Å². The molecule has 0 N–H and O–H groups in total. The Labute approximate surface area is 78.5 Å². The highest BCUT2D eigenvalue weighted by Gasteiger charge is 2.35. The van der Waals surface area contributed by atoms with Gasteiger partial charge in [-0.2, -0.15) is 0 Å². The second-order valence-electron chi connectivity index (χ2n) is 4.05. The SMILES string of the molecule is COC(C)(C)C(=O)CC(=O)C1CC1. The van der Waals surface area contributed by atoms with Crippen molar-refractivity contribution in [3.8, 4) is 0 Å². The van der Waals surface area contributed by atoms with E-state index in [9.17, 15) is 9.59 Å². The number of methoxy groups -OCH3 is 1. The van der Waals surface area contributed by atoms with Gasteiger partial charge >= 0.3 is 0 Å². The van der Waals surface area contributed by atoms with Crippen LogP contribution in [0.1, 0.15) is 33.1 Å². The van der Waals surface area contributed by atoms with Gasteiger partial charge in [0.2, 0.25) is 0 Å². The highest BCUT2D eigenvalue weighted by molar-refractivity contribution is 6.04. The first-order valence-electron chi connectivity index (χ1n) is 4.58. The highest BCUT2D eigenvalue weighted by Crippen LogP contribution is 2.31. The van der Waals surface area contributed by atoms with Gasteiger partial charge in [0.05, 0.1) is 6.42 Å². The zero-order valence-electron chi connectivity index (χ0n) is 8.42. The minimum absolute atomic E-state index is 0.0332. The molecule has 0 radical (unpaired) electrons. The van der Waals surface area contributed by atoms with Crippen molar-refractivity contribution in [1.82, 2.24) is 0 Å². The number of hydrogen-bond donors (Lipinski definition) is 0. The molecule has 0 saturated heterocycles. The number of carbonyl (C=O) groups is 2. The Kier molecular flexibility index (Phi) is 2.86. The van der Waals surface area contributed by atoms with Crippen LogP contribution >= 0.6 is 0 Å². The summed E-state index contributed by atoms with van der Waals surface area (Å²) in [4.78, 5) is 22.8. The molecule has 0 aromatic rings. The molecular formula is C10H16O3. The van der Waals surface area contributed by atoms with Gasteiger partial charge in [0.15, 0.2) is 5.78 Å². The maximum atomic E-state index is 11.5. The molecule has 0 atom stereocenters. The van der Waals surface area contributed by atoms with Crippen LogP contribution in [-0.4, -0.2) is 24.3 Å². The summed E-state index contributed by atoms with van der Waals surface area (Å²) in [5.74, 6) is 0.124.